The molecule has 0 radical (unpaired) electrons. The molecule has 1 amide bonds. The van der Waals surface area contributed by atoms with Gasteiger partial charge in [0.15, 0.2) is 0 Å². The van der Waals surface area contributed by atoms with Gasteiger partial charge in [-0.05, 0) is 49.8 Å². The highest BCUT2D eigenvalue weighted by Gasteiger charge is 2.40. The molecular formula is C23H29N5O2. The highest BCUT2D eigenvalue weighted by atomic mass is 16.3. The van der Waals surface area contributed by atoms with Crippen LogP contribution >= 0.6 is 0 Å². The van der Waals surface area contributed by atoms with E-state index in [1.165, 1.54) is 11.3 Å². The van der Waals surface area contributed by atoms with Gasteiger partial charge in [0.05, 0.1) is 6.20 Å². The molecule has 158 valence electrons. The number of hydrogen-bond acceptors (Lipinski definition) is 4. The number of amides is 1. The van der Waals surface area contributed by atoms with E-state index in [1.807, 2.05) is 41.2 Å². The summed E-state index contributed by atoms with van der Waals surface area (Å²) in [5.41, 5.74) is 4.42. The number of aromatic nitrogens is 3. The van der Waals surface area contributed by atoms with Gasteiger partial charge in [0.25, 0.3) is 0 Å². The van der Waals surface area contributed by atoms with Crippen molar-refractivity contribution in [2.45, 2.75) is 57.0 Å². The zero-order valence-electron chi connectivity index (χ0n) is 17.6. The Labute approximate surface area is 176 Å². The Morgan fingerprint density at radius 1 is 1.27 bits per heavy atom. The molecule has 30 heavy (non-hydrogen) atoms. The summed E-state index contributed by atoms with van der Waals surface area (Å²) in [5.74, 6) is 0.0520. The van der Waals surface area contributed by atoms with E-state index in [2.05, 4.69) is 15.1 Å². The highest BCUT2D eigenvalue weighted by molar-refractivity contribution is 5.86. The van der Waals surface area contributed by atoms with E-state index in [1.54, 1.807) is 19.0 Å². The molecule has 7 heteroatoms. The number of nitrogens with zero attached hydrogens (tertiary/aromatic N) is 4. The molecular weight excluding hydrogens is 378 g/mol. The molecule has 2 N–H and O–H groups in total. The van der Waals surface area contributed by atoms with E-state index in [4.69, 9.17) is 0 Å². The predicted octanol–water partition coefficient (Wildman–Crippen LogP) is 2.47. The maximum absolute atomic E-state index is 12.2. The Morgan fingerprint density at radius 2 is 2.10 bits per heavy atom. The molecule has 2 aliphatic carbocycles. The van der Waals surface area contributed by atoms with Gasteiger partial charge in [0.1, 0.15) is 12.8 Å². The van der Waals surface area contributed by atoms with Crippen LogP contribution in [0, 0.1) is 0 Å². The van der Waals surface area contributed by atoms with E-state index in [0.717, 1.165) is 48.6 Å². The van der Waals surface area contributed by atoms with E-state index in [-0.39, 0.29) is 5.91 Å². The van der Waals surface area contributed by atoms with Crippen molar-refractivity contribution in [1.82, 2.24) is 24.6 Å². The van der Waals surface area contributed by atoms with Crippen molar-refractivity contribution < 1.29 is 9.90 Å². The monoisotopic (exact) mass is 407 g/mol. The maximum Gasteiger partial charge on any atom is 0.241 e. The van der Waals surface area contributed by atoms with Crippen molar-refractivity contribution in [3.63, 3.8) is 0 Å². The van der Waals surface area contributed by atoms with E-state index in [9.17, 15) is 9.90 Å². The lowest BCUT2D eigenvalue weighted by Crippen LogP contribution is -2.43. The van der Waals surface area contributed by atoms with Gasteiger partial charge < -0.3 is 14.6 Å². The lowest BCUT2D eigenvalue weighted by Gasteiger charge is -2.38. The molecule has 3 aromatic rings. The first-order valence-electron chi connectivity index (χ1n) is 10.8. The number of nitrogens with one attached hydrogen (secondary N) is 1. The van der Waals surface area contributed by atoms with Crippen molar-refractivity contribution >= 4 is 16.8 Å². The molecule has 2 heterocycles. The van der Waals surface area contributed by atoms with Crippen LogP contribution < -0.4 is 0 Å². The van der Waals surface area contributed by atoms with Crippen molar-refractivity contribution in [2.75, 3.05) is 14.1 Å². The minimum Gasteiger partial charge on any atom is -0.374 e. The molecule has 2 aromatic heterocycles. The predicted molar refractivity (Wildman–Crippen MR) is 115 cm³/mol. The van der Waals surface area contributed by atoms with Crippen molar-refractivity contribution in [1.29, 1.82) is 0 Å². The third-order valence-corrected chi connectivity index (χ3v) is 6.59. The number of likely N-dealkylation sites (N-methyl/N-ethyl adjacent to an activating group) is 1. The van der Waals surface area contributed by atoms with E-state index >= 15 is 0 Å². The fourth-order valence-corrected chi connectivity index (χ4v) is 4.78. The quantitative estimate of drug-likeness (QED) is 0.616. The first-order valence-corrected chi connectivity index (χ1v) is 10.8. The largest absolute Gasteiger partial charge is 0.374 e. The SMILES string of the molecule is CN(C)C(=O)Cn1ccc2c(C(O)N(C3CC3)C3CCc4[nH]ncc4C3)cccc21. The molecule has 0 bridgehead atoms. The third kappa shape index (κ3) is 3.42. The maximum atomic E-state index is 12.2. The summed E-state index contributed by atoms with van der Waals surface area (Å²) in [5, 5.41) is 19.9. The lowest BCUT2D eigenvalue weighted by atomic mass is 9.91. The molecule has 2 unspecified atom stereocenters. The first-order chi connectivity index (χ1) is 14.5. The molecule has 5 rings (SSSR count). The van der Waals surface area contributed by atoms with Crippen LogP contribution in [0.4, 0.5) is 0 Å². The van der Waals surface area contributed by atoms with Crippen LogP contribution in [0.2, 0.25) is 0 Å². The Morgan fingerprint density at radius 3 is 2.87 bits per heavy atom. The number of carbonyl (C=O) groups is 1. The number of carbonyl (C=O) groups excluding carboxylic acids is 1. The average Bonchev–Trinajstić information content (AvgIpc) is 3.31. The number of rotatable bonds is 6. The number of aromatic amines is 1. The van der Waals surface area contributed by atoms with Gasteiger partial charge in [0.2, 0.25) is 5.91 Å². The summed E-state index contributed by atoms with van der Waals surface area (Å²) in [6, 6.07) is 8.80. The minimum atomic E-state index is -0.653. The molecule has 7 nitrogen and oxygen atoms in total. The summed E-state index contributed by atoms with van der Waals surface area (Å²) in [7, 11) is 3.54. The normalized spacial score (nSPS) is 19.8. The molecule has 2 aliphatic rings. The molecule has 0 saturated heterocycles. The Bertz CT molecular complexity index is 1060. The Hall–Kier alpha value is -2.64. The fourth-order valence-electron chi connectivity index (χ4n) is 4.78. The van der Waals surface area contributed by atoms with Crippen molar-refractivity contribution in [2.24, 2.45) is 0 Å². The van der Waals surface area contributed by atoms with E-state index < -0.39 is 6.23 Å². The second-order valence-corrected chi connectivity index (χ2v) is 8.83. The van der Waals surface area contributed by atoms with Crippen LogP contribution in [0.15, 0.2) is 36.7 Å². The summed E-state index contributed by atoms with van der Waals surface area (Å²) in [4.78, 5) is 16.1. The highest BCUT2D eigenvalue weighted by Crippen LogP contribution is 2.40. The van der Waals surface area contributed by atoms with Crippen LogP contribution in [0.25, 0.3) is 10.9 Å². The fraction of sp³-hybridized carbons (Fsp3) is 0.478. The van der Waals surface area contributed by atoms with Crippen LogP contribution in [0.3, 0.4) is 0 Å². The van der Waals surface area contributed by atoms with Crippen LogP contribution in [-0.2, 0) is 24.2 Å². The number of aryl methyl sites for hydroxylation is 1. The van der Waals surface area contributed by atoms with Gasteiger partial charge in [0, 0.05) is 54.5 Å². The molecule has 2 atom stereocenters. The first kappa shape index (κ1) is 19.3. The number of aliphatic hydroxyl groups is 1. The van der Waals surface area contributed by atoms with Crippen LogP contribution in [-0.4, -0.2) is 61.8 Å². The standard InChI is InChI=1S/C23H29N5O2/c1-26(2)22(29)14-27-11-10-18-19(4-3-5-21(18)27)23(30)28(16-6-7-16)17-8-9-20-15(12-17)13-24-25-20/h3-5,10-11,13,16-17,23,30H,6-9,12,14H2,1-2H3,(H,24,25). The van der Waals surface area contributed by atoms with Crippen LogP contribution in [0.5, 0.6) is 0 Å². The number of benzene rings is 1. The van der Waals surface area contributed by atoms with Gasteiger partial charge in [-0.25, -0.2) is 0 Å². The number of aliphatic hydroxyl groups excluding tert-OH is 1. The van der Waals surface area contributed by atoms with Gasteiger partial charge in [-0.2, -0.15) is 5.10 Å². The molecule has 1 aromatic carbocycles. The summed E-state index contributed by atoms with van der Waals surface area (Å²) in [6.45, 7) is 0.300. The average molecular weight is 408 g/mol. The third-order valence-electron chi connectivity index (χ3n) is 6.59. The number of H-pyrrole nitrogens is 1. The van der Waals surface area contributed by atoms with E-state index in [0.29, 0.717) is 18.6 Å². The summed E-state index contributed by atoms with van der Waals surface area (Å²) < 4.78 is 1.97. The summed E-state index contributed by atoms with van der Waals surface area (Å²) in [6.07, 6.45) is 8.43. The van der Waals surface area contributed by atoms with Crippen molar-refractivity contribution in [3.05, 3.63) is 53.5 Å². The van der Waals surface area contributed by atoms with Gasteiger partial charge >= 0.3 is 0 Å². The minimum absolute atomic E-state index is 0.0520. The van der Waals surface area contributed by atoms with Crippen LogP contribution in [0.1, 0.15) is 42.3 Å². The Kier molecular flexibility index (Phi) is 4.87. The number of fused-ring (bicyclic) bond motifs is 2. The number of hydrogen-bond donors (Lipinski definition) is 2. The van der Waals surface area contributed by atoms with Gasteiger partial charge in [-0.1, -0.05) is 12.1 Å². The summed E-state index contributed by atoms with van der Waals surface area (Å²) >= 11 is 0. The smallest absolute Gasteiger partial charge is 0.241 e. The Balaban J connectivity index is 1.45. The molecule has 0 aliphatic heterocycles. The molecule has 0 spiro atoms. The zero-order valence-corrected chi connectivity index (χ0v) is 17.6. The second-order valence-electron chi connectivity index (χ2n) is 8.83. The lowest BCUT2D eigenvalue weighted by molar-refractivity contribution is -0.129. The topological polar surface area (TPSA) is 77.4 Å². The van der Waals surface area contributed by atoms with Gasteiger partial charge in [-0.15, -0.1) is 0 Å². The molecule has 1 fully saturated rings. The zero-order chi connectivity index (χ0) is 20.8. The van der Waals surface area contributed by atoms with Crippen molar-refractivity contribution in [3.8, 4) is 0 Å². The van der Waals surface area contributed by atoms with Gasteiger partial charge in [-0.3, -0.25) is 14.8 Å². The molecule has 1 saturated carbocycles. The second kappa shape index (κ2) is 7.56.